The van der Waals surface area contributed by atoms with Crippen LogP contribution in [-0.2, 0) is 17.6 Å². The molecule has 0 fully saturated rings. The Labute approximate surface area is 181 Å². The van der Waals surface area contributed by atoms with Crippen LogP contribution < -0.4 is 15.8 Å². The molecule has 0 radical (unpaired) electrons. The highest BCUT2D eigenvalue weighted by molar-refractivity contribution is 5.94. The van der Waals surface area contributed by atoms with Gasteiger partial charge in [-0.1, -0.05) is 54.6 Å². The summed E-state index contributed by atoms with van der Waals surface area (Å²) in [7, 11) is 1.64. The van der Waals surface area contributed by atoms with Crippen molar-refractivity contribution in [2.45, 2.75) is 18.9 Å². The van der Waals surface area contributed by atoms with Crippen LogP contribution in [0.1, 0.15) is 21.5 Å². The molecule has 160 valence electrons. The third kappa shape index (κ3) is 5.93. The lowest BCUT2D eigenvalue weighted by molar-refractivity contribution is -0.138. The second kappa shape index (κ2) is 10.4. The predicted molar refractivity (Wildman–Crippen MR) is 120 cm³/mol. The summed E-state index contributed by atoms with van der Waals surface area (Å²) in [5.41, 5.74) is 10.0. The molecule has 4 N–H and O–H groups in total. The fourth-order valence-electron chi connectivity index (χ4n) is 3.31. The highest BCUT2D eigenvalue weighted by atomic mass is 16.5. The van der Waals surface area contributed by atoms with Gasteiger partial charge in [-0.2, -0.15) is 0 Å². The number of amides is 1. The minimum absolute atomic E-state index is 0.186. The molecule has 0 aromatic heterocycles. The lowest BCUT2D eigenvalue weighted by atomic mass is 10.0. The highest BCUT2D eigenvalue weighted by Crippen LogP contribution is 2.27. The van der Waals surface area contributed by atoms with E-state index in [1.807, 2.05) is 30.3 Å². The van der Waals surface area contributed by atoms with E-state index in [-0.39, 0.29) is 12.3 Å². The van der Waals surface area contributed by atoms with Crippen LogP contribution in [0.5, 0.6) is 5.75 Å². The van der Waals surface area contributed by atoms with Gasteiger partial charge in [-0.05, 0) is 53.3 Å². The van der Waals surface area contributed by atoms with Crippen LogP contribution in [0.15, 0.2) is 72.8 Å². The van der Waals surface area contributed by atoms with E-state index in [2.05, 4.69) is 23.5 Å². The maximum Gasteiger partial charge on any atom is 0.320 e. The standard InChI is InChI=1S/C25H26N2O4/c1-31-23-16-21(18-5-3-2-4-6-18)12-11-19(23)13-14-27-24(28)20-9-7-17(8-10-20)15-22(26)25(29)30/h2-12,16,22H,13-15,26H2,1H3,(H,27,28)(H,29,30)/t22-/m0/s1. The fourth-order valence-corrected chi connectivity index (χ4v) is 3.31. The fraction of sp³-hybridized carbons (Fsp3) is 0.200. The third-order valence-electron chi connectivity index (χ3n) is 5.06. The van der Waals surface area contributed by atoms with Gasteiger partial charge in [-0.25, -0.2) is 0 Å². The number of carbonyl (C=O) groups is 2. The number of rotatable bonds is 9. The Morgan fingerprint density at radius 1 is 1.00 bits per heavy atom. The maximum atomic E-state index is 12.4. The van der Waals surface area contributed by atoms with Crippen molar-refractivity contribution in [3.63, 3.8) is 0 Å². The molecule has 0 saturated carbocycles. The molecule has 0 aliphatic heterocycles. The van der Waals surface area contributed by atoms with Crippen molar-refractivity contribution >= 4 is 11.9 Å². The van der Waals surface area contributed by atoms with Crippen molar-refractivity contribution in [2.24, 2.45) is 5.73 Å². The molecule has 0 unspecified atom stereocenters. The zero-order chi connectivity index (χ0) is 22.2. The van der Waals surface area contributed by atoms with Crippen molar-refractivity contribution in [2.75, 3.05) is 13.7 Å². The SMILES string of the molecule is COc1cc(-c2ccccc2)ccc1CCNC(=O)c1ccc(C[C@H](N)C(=O)O)cc1. The normalized spacial score (nSPS) is 11.5. The maximum absolute atomic E-state index is 12.4. The van der Waals surface area contributed by atoms with Gasteiger partial charge in [-0.15, -0.1) is 0 Å². The first-order valence-corrected chi connectivity index (χ1v) is 10.1. The number of carboxylic acids is 1. The minimum Gasteiger partial charge on any atom is -0.496 e. The third-order valence-corrected chi connectivity index (χ3v) is 5.06. The summed E-state index contributed by atoms with van der Waals surface area (Å²) in [6, 6.07) is 22.0. The average Bonchev–Trinajstić information content (AvgIpc) is 2.80. The Morgan fingerprint density at radius 2 is 1.71 bits per heavy atom. The van der Waals surface area contributed by atoms with Crippen LogP contribution in [0.25, 0.3) is 11.1 Å². The van der Waals surface area contributed by atoms with Gasteiger partial charge in [0.1, 0.15) is 11.8 Å². The lowest BCUT2D eigenvalue weighted by Crippen LogP contribution is -2.32. The molecule has 6 nitrogen and oxygen atoms in total. The molecular weight excluding hydrogens is 392 g/mol. The van der Waals surface area contributed by atoms with E-state index in [1.165, 1.54) is 0 Å². The van der Waals surface area contributed by atoms with Gasteiger partial charge in [-0.3, -0.25) is 9.59 Å². The Balaban J connectivity index is 1.57. The number of hydrogen-bond acceptors (Lipinski definition) is 4. The number of hydrogen-bond donors (Lipinski definition) is 3. The highest BCUT2D eigenvalue weighted by Gasteiger charge is 2.13. The number of nitrogens with one attached hydrogen (secondary N) is 1. The molecule has 0 bridgehead atoms. The minimum atomic E-state index is -1.05. The van der Waals surface area contributed by atoms with Crippen LogP contribution >= 0.6 is 0 Å². The number of carboxylic acid groups (broad SMARTS) is 1. The van der Waals surface area contributed by atoms with Gasteiger partial charge < -0.3 is 20.9 Å². The summed E-state index contributed by atoms with van der Waals surface area (Å²) in [5.74, 6) is -0.447. The first kappa shape index (κ1) is 22.1. The lowest BCUT2D eigenvalue weighted by Gasteiger charge is -2.12. The molecule has 3 rings (SSSR count). The van der Waals surface area contributed by atoms with Gasteiger partial charge in [0.25, 0.3) is 5.91 Å². The summed E-state index contributed by atoms with van der Waals surface area (Å²) in [5, 5.41) is 11.8. The van der Waals surface area contributed by atoms with E-state index in [0.717, 1.165) is 28.0 Å². The molecule has 1 amide bonds. The van der Waals surface area contributed by atoms with Gasteiger partial charge in [0.2, 0.25) is 0 Å². The van der Waals surface area contributed by atoms with Crippen LogP contribution in [0.4, 0.5) is 0 Å². The van der Waals surface area contributed by atoms with E-state index in [9.17, 15) is 9.59 Å². The van der Waals surface area contributed by atoms with Crippen LogP contribution in [0.3, 0.4) is 0 Å². The molecule has 1 atom stereocenters. The summed E-state index contributed by atoms with van der Waals surface area (Å²) >= 11 is 0. The summed E-state index contributed by atoms with van der Waals surface area (Å²) in [4.78, 5) is 23.3. The summed E-state index contributed by atoms with van der Waals surface area (Å²) in [6.45, 7) is 0.464. The van der Waals surface area contributed by atoms with Gasteiger partial charge in [0.05, 0.1) is 7.11 Å². The molecule has 0 saturated heterocycles. The van der Waals surface area contributed by atoms with E-state index in [0.29, 0.717) is 18.5 Å². The molecule has 0 aliphatic carbocycles. The van der Waals surface area contributed by atoms with Crippen molar-refractivity contribution in [3.05, 3.63) is 89.5 Å². The largest absolute Gasteiger partial charge is 0.496 e. The molecule has 6 heteroatoms. The van der Waals surface area contributed by atoms with Crippen molar-refractivity contribution in [3.8, 4) is 16.9 Å². The number of carbonyl (C=O) groups excluding carboxylic acids is 1. The first-order valence-electron chi connectivity index (χ1n) is 10.1. The number of methoxy groups -OCH3 is 1. The molecule has 3 aromatic rings. The van der Waals surface area contributed by atoms with Crippen LogP contribution in [0.2, 0.25) is 0 Å². The van der Waals surface area contributed by atoms with Crippen molar-refractivity contribution < 1.29 is 19.4 Å². The monoisotopic (exact) mass is 418 g/mol. The first-order chi connectivity index (χ1) is 15.0. The van der Waals surface area contributed by atoms with Crippen molar-refractivity contribution in [1.82, 2.24) is 5.32 Å². The predicted octanol–water partition coefficient (Wildman–Crippen LogP) is 3.29. The number of ether oxygens (including phenoxy) is 1. The second-order valence-electron chi connectivity index (χ2n) is 7.24. The van der Waals surface area contributed by atoms with Crippen molar-refractivity contribution in [1.29, 1.82) is 0 Å². The average molecular weight is 418 g/mol. The Bertz CT molecular complexity index is 1030. The topological polar surface area (TPSA) is 102 Å². The summed E-state index contributed by atoms with van der Waals surface area (Å²) in [6.07, 6.45) is 0.853. The zero-order valence-corrected chi connectivity index (χ0v) is 17.4. The number of benzene rings is 3. The number of nitrogens with two attached hydrogens (primary N) is 1. The van der Waals surface area contributed by atoms with E-state index >= 15 is 0 Å². The Hall–Kier alpha value is -3.64. The molecular formula is C25H26N2O4. The molecule has 0 aliphatic rings. The Kier molecular flexibility index (Phi) is 7.40. The molecule has 0 spiro atoms. The molecule has 3 aromatic carbocycles. The molecule has 0 heterocycles. The summed E-state index contributed by atoms with van der Waals surface area (Å²) < 4.78 is 5.55. The van der Waals surface area contributed by atoms with Crippen LogP contribution in [-0.4, -0.2) is 36.7 Å². The Morgan fingerprint density at radius 3 is 2.35 bits per heavy atom. The van der Waals surface area contributed by atoms with Gasteiger partial charge >= 0.3 is 5.97 Å². The quantitative estimate of drug-likeness (QED) is 0.495. The number of aliphatic carboxylic acids is 1. The second-order valence-corrected chi connectivity index (χ2v) is 7.24. The van der Waals surface area contributed by atoms with E-state index < -0.39 is 12.0 Å². The van der Waals surface area contributed by atoms with E-state index in [1.54, 1.807) is 31.4 Å². The zero-order valence-electron chi connectivity index (χ0n) is 17.4. The van der Waals surface area contributed by atoms with Gasteiger partial charge in [0, 0.05) is 12.1 Å². The van der Waals surface area contributed by atoms with Gasteiger partial charge in [0.15, 0.2) is 0 Å². The van der Waals surface area contributed by atoms with Crippen LogP contribution in [0, 0.1) is 0 Å². The smallest absolute Gasteiger partial charge is 0.320 e. The van der Waals surface area contributed by atoms with E-state index in [4.69, 9.17) is 15.6 Å². The molecule has 31 heavy (non-hydrogen) atoms.